The Morgan fingerprint density at radius 1 is 1.21 bits per heavy atom. The van der Waals surface area contributed by atoms with Crippen LogP contribution >= 0.6 is 0 Å². The predicted molar refractivity (Wildman–Crippen MR) is 79.9 cm³/mol. The molecule has 0 radical (unpaired) electrons. The minimum atomic E-state index is -0.0231. The van der Waals surface area contributed by atoms with Gasteiger partial charge in [0.1, 0.15) is 12.4 Å². The van der Waals surface area contributed by atoms with Crippen LogP contribution in [0.1, 0.15) is 44.7 Å². The third kappa shape index (κ3) is 5.21. The zero-order valence-corrected chi connectivity index (χ0v) is 12.7. The van der Waals surface area contributed by atoms with E-state index in [0.717, 1.165) is 5.75 Å². The number of nitrogens with one attached hydrogen (secondary N) is 1. The predicted octanol–water partition coefficient (Wildman–Crippen LogP) is 2.86. The molecule has 0 saturated carbocycles. The molecule has 3 heteroatoms. The molecule has 1 unspecified atom stereocenters. The van der Waals surface area contributed by atoms with Gasteiger partial charge in [0.15, 0.2) is 0 Å². The molecule has 1 rings (SSSR count). The second-order valence-electron chi connectivity index (χ2n) is 5.68. The van der Waals surface area contributed by atoms with Gasteiger partial charge in [0.25, 0.3) is 0 Å². The molecule has 0 spiro atoms. The van der Waals surface area contributed by atoms with Crippen LogP contribution in [0, 0.1) is 6.92 Å². The summed E-state index contributed by atoms with van der Waals surface area (Å²) in [5.41, 5.74) is 2.61. The summed E-state index contributed by atoms with van der Waals surface area (Å²) in [6, 6.07) is 6.51. The number of hydrogen-bond acceptors (Lipinski definition) is 3. The molecule has 0 fully saturated rings. The van der Waals surface area contributed by atoms with Crippen molar-refractivity contribution in [2.75, 3.05) is 13.2 Å². The number of aryl methyl sites for hydroxylation is 1. The number of hydrogen-bond donors (Lipinski definition) is 2. The molecule has 1 aromatic carbocycles. The van der Waals surface area contributed by atoms with E-state index in [9.17, 15) is 5.11 Å². The Bertz CT molecular complexity index is 388. The molecule has 0 amide bonds. The molecule has 0 aliphatic heterocycles. The van der Waals surface area contributed by atoms with Crippen molar-refractivity contribution in [1.82, 2.24) is 5.32 Å². The molecule has 19 heavy (non-hydrogen) atoms. The molecular weight excluding hydrogens is 238 g/mol. The van der Waals surface area contributed by atoms with Crippen LogP contribution in [0.3, 0.4) is 0 Å². The minimum absolute atomic E-state index is 0.0231. The molecule has 3 nitrogen and oxygen atoms in total. The normalized spacial score (nSPS) is 13.1. The Balaban J connectivity index is 2.60. The second kappa shape index (κ2) is 7.51. The first kappa shape index (κ1) is 16.0. The standard InChI is InChI=1S/C16H27NO2/c1-11(2)16-7-6-15(8-13(16)5)19-10-14(9-18)17-12(3)4/h6-8,11-12,14,17-18H,9-10H2,1-5H3. The smallest absolute Gasteiger partial charge is 0.119 e. The van der Waals surface area contributed by atoms with E-state index in [1.54, 1.807) is 0 Å². The average Bonchev–Trinajstić information content (AvgIpc) is 2.33. The Labute approximate surface area is 117 Å². The summed E-state index contributed by atoms with van der Waals surface area (Å²) < 4.78 is 5.75. The molecule has 0 bridgehead atoms. The zero-order chi connectivity index (χ0) is 14.4. The van der Waals surface area contributed by atoms with E-state index in [2.05, 4.69) is 52.1 Å². The minimum Gasteiger partial charge on any atom is -0.492 e. The van der Waals surface area contributed by atoms with Crippen molar-refractivity contribution in [2.45, 2.75) is 52.6 Å². The molecule has 1 atom stereocenters. The Morgan fingerprint density at radius 2 is 1.89 bits per heavy atom. The maximum absolute atomic E-state index is 9.28. The number of ether oxygens (including phenoxy) is 1. The van der Waals surface area contributed by atoms with Gasteiger partial charge in [-0.15, -0.1) is 0 Å². The van der Waals surface area contributed by atoms with Crippen LogP contribution in [-0.2, 0) is 0 Å². The third-order valence-corrected chi connectivity index (χ3v) is 3.10. The van der Waals surface area contributed by atoms with Gasteiger partial charge >= 0.3 is 0 Å². The highest BCUT2D eigenvalue weighted by Crippen LogP contribution is 2.23. The van der Waals surface area contributed by atoms with Crippen molar-refractivity contribution in [3.63, 3.8) is 0 Å². The molecular formula is C16H27NO2. The van der Waals surface area contributed by atoms with Crippen molar-refractivity contribution < 1.29 is 9.84 Å². The van der Waals surface area contributed by atoms with Crippen LogP contribution in [-0.4, -0.2) is 30.4 Å². The quantitative estimate of drug-likeness (QED) is 0.796. The van der Waals surface area contributed by atoms with Crippen molar-refractivity contribution in [1.29, 1.82) is 0 Å². The van der Waals surface area contributed by atoms with Crippen molar-refractivity contribution in [2.24, 2.45) is 0 Å². The summed E-state index contributed by atoms with van der Waals surface area (Å²) >= 11 is 0. The molecule has 2 N–H and O–H groups in total. The number of aliphatic hydroxyl groups excluding tert-OH is 1. The van der Waals surface area contributed by atoms with Gasteiger partial charge in [-0.05, 0) is 36.1 Å². The summed E-state index contributed by atoms with van der Waals surface area (Å²) in [7, 11) is 0. The lowest BCUT2D eigenvalue weighted by atomic mass is 9.98. The summed E-state index contributed by atoms with van der Waals surface area (Å²) in [6.07, 6.45) is 0. The van der Waals surface area contributed by atoms with Crippen LogP contribution in [0.4, 0.5) is 0 Å². The van der Waals surface area contributed by atoms with Gasteiger partial charge < -0.3 is 15.2 Å². The number of aliphatic hydroxyl groups is 1. The molecule has 0 saturated heterocycles. The van der Waals surface area contributed by atoms with Gasteiger partial charge in [-0.2, -0.15) is 0 Å². The van der Waals surface area contributed by atoms with E-state index in [1.807, 2.05) is 6.07 Å². The van der Waals surface area contributed by atoms with Gasteiger partial charge in [0.2, 0.25) is 0 Å². The molecule has 108 valence electrons. The van der Waals surface area contributed by atoms with Crippen LogP contribution in [0.5, 0.6) is 5.75 Å². The fraction of sp³-hybridized carbons (Fsp3) is 0.625. The van der Waals surface area contributed by atoms with Crippen LogP contribution in [0.25, 0.3) is 0 Å². The Morgan fingerprint density at radius 3 is 2.37 bits per heavy atom. The fourth-order valence-electron chi connectivity index (χ4n) is 2.21. The maximum atomic E-state index is 9.28. The van der Waals surface area contributed by atoms with E-state index in [-0.39, 0.29) is 12.6 Å². The molecule has 0 aliphatic carbocycles. The summed E-state index contributed by atoms with van der Waals surface area (Å²) in [4.78, 5) is 0. The van der Waals surface area contributed by atoms with Crippen LogP contribution < -0.4 is 10.1 Å². The summed E-state index contributed by atoms with van der Waals surface area (Å²) in [6.45, 7) is 11.2. The Kier molecular flexibility index (Phi) is 6.32. The van der Waals surface area contributed by atoms with Crippen molar-refractivity contribution in [3.05, 3.63) is 29.3 Å². The fourth-order valence-corrected chi connectivity index (χ4v) is 2.21. The van der Waals surface area contributed by atoms with Gasteiger partial charge in [0, 0.05) is 6.04 Å². The van der Waals surface area contributed by atoms with E-state index < -0.39 is 0 Å². The van der Waals surface area contributed by atoms with Crippen LogP contribution in [0.15, 0.2) is 18.2 Å². The topological polar surface area (TPSA) is 41.5 Å². The first-order valence-corrected chi connectivity index (χ1v) is 7.04. The Hall–Kier alpha value is -1.06. The lowest BCUT2D eigenvalue weighted by molar-refractivity contribution is 0.177. The first-order valence-electron chi connectivity index (χ1n) is 7.04. The maximum Gasteiger partial charge on any atom is 0.119 e. The highest BCUT2D eigenvalue weighted by molar-refractivity contribution is 5.36. The highest BCUT2D eigenvalue weighted by Gasteiger charge is 2.10. The van der Waals surface area contributed by atoms with E-state index >= 15 is 0 Å². The van der Waals surface area contributed by atoms with E-state index in [0.29, 0.717) is 18.6 Å². The van der Waals surface area contributed by atoms with Gasteiger partial charge in [0.05, 0.1) is 12.6 Å². The molecule has 0 aromatic heterocycles. The second-order valence-corrected chi connectivity index (χ2v) is 5.68. The largest absolute Gasteiger partial charge is 0.492 e. The summed E-state index contributed by atoms with van der Waals surface area (Å²) in [5, 5.41) is 12.6. The highest BCUT2D eigenvalue weighted by atomic mass is 16.5. The number of rotatable bonds is 7. The SMILES string of the molecule is Cc1cc(OCC(CO)NC(C)C)ccc1C(C)C. The zero-order valence-electron chi connectivity index (χ0n) is 12.7. The summed E-state index contributed by atoms with van der Waals surface area (Å²) in [5.74, 6) is 1.40. The van der Waals surface area contributed by atoms with Gasteiger partial charge in [-0.25, -0.2) is 0 Å². The average molecular weight is 265 g/mol. The molecule has 0 aliphatic rings. The number of benzene rings is 1. The van der Waals surface area contributed by atoms with Gasteiger partial charge in [-0.3, -0.25) is 0 Å². The third-order valence-electron chi connectivity index (χ3n) is 3.10. The van der Waals surface area contributed by atoms with Gasteiger partial charge in [-0.1, -0.05) is 33.8 Å². The lowest BCUT2D eigenvalue weighted by Crippen LogP contribution is -2.41. The molecule has 1 aromatic rings. The van der Waals surface area contributed by atoms with Crippen LogP contribution in [0.2, 0.25) is 0 Å². The monoisotopic (exact) mass is 265 g/mol. The molecule has 0 heterocycles. The van der Waals surface area contributed by atoms with E-state index in [1.165, 1.54) is 11.1 Å². The van der Waals surface area contributed by atoms with Crippen molar-refractivity contribution in [3.8, 4) is 5.75 Å². The van der Waals surface area contributed by atoms with Crippen molar-refractivity contribution >= 4 is 0 Å². The first-order chi connectivity index (χ1) is 8.93. The van der Waals surface area contributed by atoms with E-state index in [4.69, 9.17) is 4.74 Å². The lowest BCUT2D eigenvalue weighted by Gasteiger charge is -2.20.